The summed E-state index contributed by atoms with van der Waals surface area (Å²) >= 11 is 0. The molecule has 6 nitrogen and oxygen atoms in total. The summed E-state index contributed by atoms with van der Waals surface area (Å²) in [6.45, 7) is 4.96. The molecule has 152 valence electrons. The van der Waals surface area contributed by atoms with Gasteiger partial charge in [0.1, 0.15) is 0 Å². The molecule has 0 unspecified atom stereocenters. The highest BCUT2D eigenvalue weighted by Gasteiger charge is 2.56. The van der Waals surface area contributed by atoms with Crippen molar-refractivity contribution in [2.75, 3.05) is 32.7 Å². The average molecular weight is 393 g/mol. The first kappa shape index (κ1) is 18.7. The van der Waals surface area contributed by atoms with Gasteiger partial charge < -0.3 is 10.0 Å². The zero-order chi connectivity index (χ0) is 19.8. The summed E-state index contributed by atoms with van der Waals surface area (Å²) in [5.41, 5.74) is 2.25. The molecule has 0 saturated carbocycles. The Morgan fingerprint density at radius 2 is 1.86 bits per heavy atom. The molecule has 1 aromatic heterocycles. The Labute approximate surface area is 171 Å². The van der Waals surface area contributed by atoms with Crippen molar-refractivity contribution in [2.45, 2.75) is 37.1 Å². The lowest BCUT2D eigenvalue weighted by Crippen LogP contribution is -2.78. The maximum atomic E-state index is 13.1. The van der Waals surface area contributed by atoms with Crippen LogP contribution < -0.4 is 0 Å². The number of amides is 1. The van der Waals surface area contributed by atoms with E-state index in [9.17, 15) is 9.90 Å². The third-order valence-corrected chi connectivity index (χ3v) is 6.63. The summed E-state index contributed by atoms with van der Waals surface area (Å²) in [7, 11) is 0. The van der Waals surface area contributed by atoms with Gasteiger partial charge in [-0.15, -0.1) is 0 Å². The number of benzene rings is 1. The summed E-state index contributed by atoms with van der Waals surface area (Å²) in [6, 6.07) is 14.3. The number of rotatable bonds is 4. The van der Waals surface area contributed by atoms with Crippen LogP contribution in [0.1, 0.15) is 17.5 Å². The smallest absolute Gasteiger partial charge is 0.227 e. The van der Waals surface area contributed by atoms with Gasteiger partial charge in [0.05, 0.1) is 18.1 Å². The minimum atomic E-state index is -0.284. The molecule has 3 fully saturated rings. The van der Waals surface area contributed by atoms with Crippen molar-refractivity contribution in [1.82, 2.24) is 19.7 Å². The fourth-order valence-electron chi connectivity index (χ4n) is 5.41. The molecule has 1 spiro atoms. The van der Waals surface area contributed by atoms with Crippen molar-refractivity contribution in [3.8, 4) is 0 Å². The van der Waals surface area contributed by atoms with E-state index in [4.69, 9.17) is 0 Å². The predicted octanol–water partition coefficient (Wildman–Crippen LogP) is 1.16. The van der Waals surface area contributed by atoms with E-state index >= 15 is 0 Å². The number of aliphatic hydroxyl groups is 1. The summed E-state index contributed by atoms with van der Waals surface area (Å²) in [5, 5.41) is 10.3. The van der Waals surface area contributed by atoms with Crippen molar-refractivity contribution in [3.63, 3.8) is 0 Å². The van der Waals surface area contributed by atoms with E-state index in [0.717, 1.165) is 51.3 Å². The van der Waals surface area contributed by atoms with Crippen LogP contribution in [0.5, 0.6) is 0 Å². The zero-order valence-electron chi connectivity index (χ0n) is 16.7. The Bertz CT molecular complexity index is 854. The highest BCUT2D eigenvalue weighted by molar-refractivity contribution is 5.79. The van der Waals surface area contributed by atoms with Crippen LogP contribution in [-0.2, 0) is 17.8 Å². The van der Waals surface area contributed by atoms with Gasteiger partial charge in [-0.1, -0.05) is 36.4 Å². The van der Waals surface area contributed by atoms with Gasteiger partial charge >= 0.3 is 0 Å². The average Bonchev–Trinajstić information content (AvgIpc) is 3.09. The number of β-amino-alcohol motifs (C(OH)–C–C–N with tert-alkyl or cyclic N) is 1. The van der Waals surface area contributed by atoms with E-state index in [-0.39, 0.29) is 23.6 Å². The number of likely N-dealkylation sites (tertiary alicyclic amines) is 1. The molecule has 1 aromatic carbocycles. The lowest BCUT2D eigenvalue weighted by atomic mass is 9.83. The summed E-state index contributed by atoms with van der Waals surface area (Å²) in [5.74, 6) is 0.197. The number of carbonyl (C=O) groups excluding carboxylic acids is 1. The second-order valence-corrected chi connectivity index (χ2v) is 8.86. The Hall–Kier alpha value is -2.28. The Kier molecular flexibility index (Phi) is 4.86. The van der Waals surface area contributed by atoms with Crippen LogP contribution in [0.4, 0.5) is 0 Å². The number of fused-ring (bicyclic) bond motifs is 2. The Morgan fingerprint density at radius 1 is 1.07 bits per heavy atom. The maximum Gasteiger partial charge on any atom is 0.227 e. The van der Waals surface area contributed by atoms with E-state index in [0.29, 0.717) is 6.42 Å². The van der Waals surface area contributed by atoms with E-state index in [1.165, 1.54) is 5.56 Å². The molecule has 2 atom stereocenters. The van der Waals surface area contributed by atoms with Crippen LogP contribution in [0, 0.1) is 0 Å². The number of nitrogens with zero attached hydrogens (tertiary/aromatic N) is 4. The van der Waals surface area contributed by atoms with Gasteiger partial charge in [-0.3, -0.25) is 19.6 Å². The summed E-state index contributed by atoms with van der Waals surface area (Å²) in [4.78, 5) is 24.2. The van der Waals surface area contributed by atoms with Gasteiger partial charge in [0.25, 0.3) is 0 Å². The predicted molar refractivity (Wildman–Crippen MR) is 110 cm³/mol. The fourth-order valence-corrected chi connectivity index (χ4v) is 5.41. The molecule has 6 heteroatoms. The molecular weight excluding hydrogens is 364 g/mol. The standard InChI is InChI=1S/C23H28N4O2/c28-21-10-20-13-26(22(29)9-18-5-2-1-3-6-18)17-23(27(20)14-21)15-25(16-23)12-19-7-4-8-24-11-19/h1-8,11,20-21,28H,9-10,12-17H2/t20-,21-/m1/s1. The number of aliphatic hydroxyl groups excluding tert-OH is 1. The number of carbonyl (C=O) groups is 1. The van der Waals surface area contributed by atoms with Crippen LogP contribution >= 0.6 is 0 Å². The molecule has 3 aliphatic rings. The molecule has 0 bridgehead atoms. The normalized spacial score (nSPS) is 26.3. The highest BCUT2D eigenvalue weighted by atomic mass is 16.3. The van der Waals surface area contributed by atoms with E-state index in [1.54, 1.807) is 6.20 Å². The fraction of sp³-hybridized carbons (Fsp3) is 0.478. The lowest BCUT2D eigenvalue weighted by molar-refractivity contribution is -0.150. The number of aromatic nitrogens is 1. The number of hydrogen-bond donors (Lipinski definition) is 1. The summed E-state index contributed by atoms with van der Waals surface area (Å²) in [6.07, 6.45) is 4.65. The van der Waals surface area contributed by atoms with E-state index in [1.807, 2.05) is 47.5 Å². The van der Waals surface area contributed by atoms with Crippen molar-refractivity contribution in [1.29, 1.82) is 0 Å². The Balaban J connectivity index is 1.29. The van der Waals surface area contributed by atoms with Crippen LogP contribution in [-0.4, -0.2) is 81.1 Å². The van der Waals surface area contributed by atoms with Crippen molar-refractivity contribution in [3.05, 3.63) is 66.0 Å². The monoisotopic (exact) mass is 392 g/mol. The topological polar surface area (TPSA) is 59.9 Å². The van der Waals surface area contributed by atoms with E-state index < -0.39 is 0 Å². The van der Waals surface area contributed by atoms with E-state index in [2.05, 4.69) is 20.9 Å². The molecule has 1 amide bonds. The molecule has 1 N–H and O–H groups in total. The van der Waals surface area contributed by atoms with Crippen LogP contribution in [0.3, 0.4) is 0 Å². The number of pyridine rings is 1. The molecule has 29 heavy (non-hydrogen) atoms. The van der Waals surface area contributed by atoms with Gasteiger partial charge in [0.2, 0.25) is 5.91 Å². The quantitative estimate of drug-likeness (QED) is 0.846. The van der Waals surface area contributed by atoms with Crippen LogP contribution in [0.25, 0.3) is 0 Å². The first-order valence-electron chi connectivity index (χ1n) is 10.5. The number of piperazine rings is 1. The van der Waals surface area contributed by atoms with Crippen molar-refractivity contribution >= 4 is 5.91 Å². The molecule has 2 aromatic rings. The molecule has 3 saturated heterocycles. The third-order valence-electron chi connectivity index (χ3n) is 6.63. The summed E-state index contributed by atoms with van der Waals surface area (Å²) < 4.78 is 0. The van der Waals surface area contributed by atoms with Gasteiger partial charge in [-0.2, -0.15) is 0 Å². The number of hydrogen-bond acceptors (Lipinski definition) is 5. The Morgan fingerprint density at radius 3 is 2.62 bits per heavy atom. The maximum absolute atomic E-state index is 13.1. The molecule has 4 heterocycles. The molecule has 0 aliphatic carbocycles. The van der Waals surface area contributed by atoms with Crippen LogP contribution in [0.2, 0.25) is 0 Å². The van der Waals surface area contributed by atoms with Crippen molar-refractivity contribution in [2.24, 2.45) is 0 Å². The zero-order valence-corrected chi connectivity index (χ0v) is 16.7. The van der Waals surface area contributed by atoms with Gasteiger partial charge in [-0.05, 0) is 23.6 Å². The molecule has 5 rings (SSSR count). The molecule has 3 aliphatic heterocycles. The SMILES string of the molecule is O=C(Cc1ccccc1)N1C[C@H]2C[C@@H](O)CN2C2(CN(Cc3cccnc3)C2)C1. The molecular formula is C23H28N4O2. The van der Waals surface area contributed by atoms with Gasteiger partial charge in [0, 0.05) is 57.7 Å². The molecule has 0 radical (unpaired) electrons. The highest BCUT2D eigenvalue weighted by Crippen LogP contribution is 2.39. The van der Waals surface area contributed by atoms with Crippen LogP contribution in [0.15, 0.2) is 54.9 Å². The van der Waals surface area contributed by atoms with Crippen molar-refractivity contribution < 1.29 is 9.90 Å². The first-order chi connectivity index (χ1) is 14.1. The lowest BCUT2D eigenvalue weighted by Gasteiger charge is -2.61. The van der Waals surface area contributed by atoms with Gasteiger partial charge in [-0.25, -0.2) is 0 Å². The van der Waals surface area contributed by atoms with Gasteiger partial charge in [0.15, 0.2) is 0 Å². The first-order valence-corrected chi connectivity index (χ1v) is 10.5. The third kappa shape index (κ3) is 3.68. The minimum Gasteiger partial charge on any atom is -0.392 e. The largest absolute Gasteiger partial charge is 0.392 e. The minimum absolute atomic E-state index is 0.0328. The second-order valence-electron chi connectivity index (χ2n) is 8.86. The second kappa shape index (κ2) is 7.52.